The Bertz CT molecular complexity index is 3500. The molecule has 0 atom stereocenters. The lowest BCUT2D eigenvalue weighted by Gasteiger charge is -2.45. The van der Waals surface area contributed by atoms with Gasteiger partial charge in [-0.3, -0.25) is 0 Å². The van der Waals surface area contributed by atoms with E-state index in [-0.39, 0.29) is 6.71 Å². The molecule has 10 aromatic carbocycles. The summed E-state index contributed by atoms with van der Waals surface area (Å²) in [4.78, 5) is 9.82. The van der Waals surface area contributed by atoms with E-state index >= 15 is 0 Å². The zero-order valence-corrected chi connectivity index (χ0v) is 41.2. The van der Waals surface area contributed by atoms with Crippen molar-refractivity contribution in [3.8, 4) is 11.1 Å². The summed E-state index contributed by atoms with van der Waals surface area (Å²) in [6.45, 7) is 12.9. The average molecular weight is 915 g/mol. The Morgan fingerprint density at radius 1 is 0.282 bits per heavy atom. The summed E-state index contributed by atoms with van der Waals surface area (Å²) in [5.74, 6) is 0. The number of para-hydroxylation sites is 1. The number of anilines is 12. The molecule has 5 heteroatoms. The van der Waals surface area contributed by atoms with Crippen molar-refractivity contribution in [1.82, 2.24) is 0 Å². The van der Waals surface area contributed by atoms with Crippen LogP contribution >= 0.6 is 0 Å². The summed E-state index contributed by atoms with van der Waals surface area (Å²) in [6.07, 6.45) is 0. The molecule has 0 radical (unpaired) electrons. The first-order valence-electron chi connectivity index (χ1n) is 24.8. The zero-order valence-electron chi connectivity index (χ0n) is 41.2. The first-order valence-corrected chi connectivity index (χ1v) is 24.8. The van der Waals surface area contributed by atoms with Crippen LogP contribution < -0.4 is 36.0 Å². The van der Waals surface area contributed by atoms with E-state index in [9.17, 15) is 0 Å². The highest BCUT2D eigenvalue weighted by atomic mass is 15.2. The molecule has 0 aliphatic carbocycles. The second-order valence-electron chi connectivity index (χ2n) is 19.6. The third-order valence-corrected chi connectivity index (χ3v) is 14.4. The van der Waals surface area contributed by atoms with Crippen molar-refractivity contribution in [1.29, 1.82) is 0 Å². The lowest BCUT2D eigenvalue weighted by atomic mass is 9.33. The minimum Gasteiger partial charge on any atom is -0.311 e. The molecule has 0 bridgehead atoms. The van der Waals surface area contributed by atoms with Gasteiger partial charge in [0.2, 0.25) is 0 Å². The molecule has 0 saturated carbocycles. The molecule has 2 heterocycles. The average Bonchev–Trinajstić information content (AvgIpc) is 3.39. The SMILES string of the molecule is Cc1ccc(N(c2ccc(C)cc2)c2cccc(-c3ccc4c(c3)B3c5cc(C)ccc5N(c5ccc(C)cc5)c5cc(N(c6ccc(C)cc6)c6ccc(C)cc6)cc(c53)N4c3ccccc3)c2)cc1. The molecular formula is C66H55BN4. The van der Waals surface area contributed by atoms with Crippen LogP contribution in [0.1, 0.15) is 33.4 Å². The summed E-state index contributed by atoms with van der Waals surface area (Å²) in [5, 5.41) is 0. The minimum atomic E-state index is -0.0624. The molecule has 0 N–H and O–H groups in total. The van der Waals surface area contributed by atoms with Crippen molar-refractivity contribution in [3.05, 3.63) is 258 Å². The Morgan fingerprint density at radius 3 is 1.20 bits per heavy atom. The zero-order chi connectivity index (χ0) is 48.3. The topological polar surface area (TPSA) is 13.0 Å². The van der Waals surface area contributed by atoms with Crippen LogP contribution in [0.4, 0.5) is 68.2 Å². The van der Waals surface area contributed by atoms with Gasteiger partial charge in [-0.15, -0.1) is 0 Å². The third-order valence-electron chi connectivity index (χ3n) is 14.4. The molecule has 12 rings (SSSR count). The maximum Gasteiger partial charge on any atom is 0.252 e. The van der Waals surface area contributed by atoms with Gasteiger partial charge in [-0.1, -0.05) is 149 Å². The molecule has 2 aliphatic heterocycles. The predicted octanol–water partition coefficient (Wildman–Crippen LogP) is 16.2. The number of rotatable bonds is 9. The summed E-state index contributed by atoms with van der Waals surface area (Å²) < 4.78 is 0. The Labute approximate surface area is 419 Å². The van der Waals surface area contributed by atoms with Gasteiger partial charge >= 0.3 is 0 Å². The largest absolute Gasteiger partial charge is 0.311 e. The molecule has 2 aliphatic rings. The van der Waals surface area contributed by atoms with Gasteiger partial charge in [0.25, 0.3) is 6.71 Å². The van der Waals surface area contributed by atoms with E-state index in [4.69, 9.17) is 0 Å². The van der Waals surface area contributed by atoms with Crippen molar-refractivity contribution < 1.29 is 0 Å². The van der Waals surface area contributed by atoms with Crippen molar-refractivity contribution in [3.63, 3.8) is 0 Å². The highest BCUT2D eigenvalue weighted by molar-refractivity contribution is 7.00. The highest BCUT2D eigenvalue weighted by Gasteiger charge is 2.44. The highest BCUT2D eigenvalue weighted by Crippen LogP contribution is 2.49. The van der Waals surface area contributed by atoms with Crippen LogP contribution in [-0.2, 0) is 0 Å². The van der Waals surface area contributed by atoms with Crippen molar-refractivity contribution in [2.75, 3.05) is 19.6 Å². The third kappa shape index (κ3) is 7.94. The van der Waals surface area contributed by atoms with Gasteiger partial charge in [0, 0.05) is 62.6 Å². The van der Waals surface area contributed by atoms with Gasteiger partial charge in [0.05, 0.1) is 5.69 Å². The smallest absolute Gasteiger partial charge is 0.252 e. The Hall–Kier alpha value is -8.54. The quantitative estimate of drug-likeness (QED) is 0.134. The van der Waals surface area contributed by atoms with Gasteiger partial charge in [-0.25, -0.2) is 0 Å². The standard InChI is InChI=1S/C66H55BN4/c1-44-15-27-53(28-16-44)68(54-29-17-45(2)18-30-54)58-14-10-11-50(40-58)51-26-38-63-61(41-51)67-60-39-49(6)25-37-62(60)71(57-35-23-48(5)24-36-57)65-43-59(42-64(66(65)67)70(63)52-12-8-7-9-13-52)69(55-31-19-46(3)20-32-55)56-33-21-47(4)22-34-56/h7-43H,1-6H3. The van der Waals surface area contributed by atoms with Gasteiger partial charge in [0.15, 0.2) is 0 Å². The lowest BCUT2D eigenvalue weighted by Crippen LogP contribution is -2.61. The molecule has 0 saturated heterocycles. The summed E-state index contributed by atoms with van der Waals surface area (Å²) >= 11 is 0. The molecule has 10 aromatic rings. The number of hydrogen-bond acceptors (Lipinski definition) is 4. The van der Waals surface area contributed by atoms with Gasteiger partial charge < -0.3 is 19.6 Å². The fraction of sp³-hybridized carbons (Fsp3) is 0.0909. The van der Waals surface area contributed by atoms with E-state index in [1.807, 2.05) is 0 Å². The lowest BCUT2D eigenvalue weighted by molar-refractivity contribution is 1.22. The van der Waals surface area contributed by atoms with Crippen molar-refractivity contribution in [2.24, 2.45) is 0 Å². The molecule has 4 nitrogen and oxygen atoms in total. The second-order valence-corrected chi connectivity index (χ2v) is 19.6. The number of nitrogens with zero attached hydrogens (tertiary/aromatic N) is 4. The van der Waals surface area contributed by atoms with Crippen LogP contribution in [-0.4, -0.2) is 6.71 Å². The van der Waals surface area contributed by atoms with Gasteiger partial charge in [-0.05, 0) is 178 Å². The van der Waals surface area contributed by atoms with Gasteiger partial charge in [0.1, 0.15) is 0 Å². The fourth-order valence-electron chi connectivity index (χ4n) is 10.7. The molecule has 71 heavy (non-hydrogen) atoms. The van der Waals surface area contributed by atoms with Crippen LogP contribution in [0.25, 0.3) is 11.1 Å². The van der Waals surface area contributed by atoms with E-state index in [1.165, 1.54) is 66.7 Å². The first kappa shape index (κ1) is 43.7. The van der Waals surface area contributed by atoms with Crippen LogP contribution in [0.15, 0.2) is 224 Å². The van der Waals surface area contributed by atoms with Gasteiger partial charge in [-0.2, -0.15) is 0 Å². The fourth-order valence-corrected chi connectivity index (χ4v) is 10.7. The van der Waals surface area contributed by atoms with E-state index in [1.54, 1.807) is 0 Å². The molecule has 0 fully saturated rings. The van der Waals surface area contributed by atoms with Crippen LogP contribution in [0, 0.1) is 41.5 Å². The number of fused-ring (bicyclic) bond motifs is 4. The number of aryl methyl sites for hydroxylation is 6. The first-order chi connectivity index (χ1) is 34.6. The van der Waals surface area contributed by atoms with Crippen molar-refractivity contribution >= 4 is 91.3 Å². The minimum absolute atomic E-state index is 0.0624. The molecule has 0 spiro atoms. The van der Waals surface area contributed by atoms with Crippen LogP contribution in [0.5, 0.6) is 0 Å². The van der Waals surface area contributed by atoms with E-state index < -0.39 is 0 Å². The monoisotopic (exact) mass is 914 g/mol. The van der Waals surface area contributed by atoms with Crippen LogP contribution in [0.3, 0.4) is 0 Å². The maximum atomic E-state index is 2.52. The Balaban J connectivity index is 1.11. The summed E-state index contributed by atoms with van der Waals surface area (Å²) in [6, 6.07) is 83.7. The molecule has 0 unspecified atom stereocenters. The molecule has 342 valence electrons. The summed E-state index contributed by atoms with van der Waals surface area (Å²) in [5.41, 5.74) is 27.2. The second kappa shape index (κ2) is 17.8. The van der Waals surface area contributed by atoms with E-state index in [2.05, 4.69) is 286 Å². The van der Waals surface area contributed by atoms with Crippen molar-refractivity contribution in [2.45, 2.75) is 41.5 Å². The predicted molar refractivity (Wildman–Crippen MR) is 304 cm³/mol. The normalized spacial score (nSPS) is 12.3. The molecular weight excluding hydrogens is 860 g/mol. The van der Waals surface area contributed by atoms with E-state index in [0.29, 0.717) is 0 Å². The Morgan fingerprint density at radius 2 is 0.690 bits per heavy atom. The molecule has 0 amide bonds. The van der Waals surface area contributed by atoms with Crippen LogP contribution in [0.2, 0.25) is 0 Å². The number of benzene rings is 10. The van der Waals surface area contributed by atoms with E-state index in [0.717, 1.165) is 62.4 Å². The maximum absolute atomic E-state index is 2.52. The molecule has 0 aromatic heterocycles. The number of hydrogen-bond donors (Lipinski definition) is 0. The summed E-state index contributed by atoms with van der Waals surface area (Å²) in [7, 11) is 0. The Kier molecular flexibility index (Phi) is 10.9.